The monoisotopic (exact) mass is 257 g/mol. The standard InChI is InChI=1S/C16H19NO2/c1-11(2)19-14-7-4-12(5-8-14)15-10-13(17)6-9-16(15)18-3/h4-11H,17H2,1-3H3. The van der Waals surface area contributed by atoms with E-state index in [-0.39, 0.29) is 6.10 Å². The number of hydrogen-bond donors (Lipinski definition) is 1. The van der Waals surface area contributed by atoms with Gasteiger partial charge in [0.1, 0.15) is 11.5 Å². The van der Waals surface area contributed by atoms with Gasteiger partial charge in [-0.05, 0) is 49.7 Å². The van der Waals surface area contributed by atoms with Gasteiger partial charge in [-0.25, -0.2) is 0 Å². The van der Waals surface area contributed by atoms with Gasteiger partial charge in [0.05, 0.1) is 13.2 Å². The molecule has 0 aliphatic carbocycles. The number of methoxy groups -OCH3 is 1. The summed E-state index contributed by atoms with van der Waals surface area (Å²) in [5.74, 6) is 1.67. The van der Waals surface area contributed by atoms with E-state index in [1.165, 1.54) is 0 Å². The summed E-state index contributed by atoms with van der Waals surface area (Å²) in [6.07, 6.45) is 0.174. The van der Waals surface area contributed by atoms with Crippen molar-refractivity contribution in [3.63, 3.8) is 0 Å². The van der Waals surface area contributed by atoms with Crippen LogP contribution in [0.1, 0.15) is 13.8 Å². The molecule has 0 aliphatic heterocycles. The lowest BCUT2D eigenvalue weighted by molar-refractivity contribution is 0.242. The number of nitrogen functional groups attached to an aromatic ring is 1. The van der Waals surface area contributed by atoms with Gasteiger partial charge in [-0.15, -0.1) is 0 Å². The van der Waals surface area contributed by atoms with Gasteiger partial charge in [-0.1, -0.05) is 12.1 Å². The molecule has 2 rings (SSSR count). The van der Waals surface area contributed by atoms with E-state index in [1.54, 1.807) is 7.11 Å². The molecule has 19 heavy (non-hydrogen) atoms. The van der Waals surface area contributed by atoms with Crippen LogP contribution < -0.4 is 15.2 Å². The van der Waals surface area contributed by atoms with Crippen LogP contribution in [-0.4, -0.2) is 13.2 Å². The zero-order valence-electron chi connectivity index (χ0n) is 11.5. The zero-order valence-corrected chi connectivity index (χ0v) is 11.5. The predicted molar refractivity (Wildman–Crippen MR) is 78.6 cm³/mol. The quantitative estimate of drug-likeness (QED) is 0.849. The Balaban J connectivity index is 2.34. The highest BCUT2D eigenvalue weighted by molar-refractivity contribution is 5.74. The molecule has 100 valence electrons. The molecule has 0 unspecified atom stereocenters. The first-order valence-electron chi connectivity index (χ1n) is 6.30. The maximum absolute atomic E-state index is 5.84. The molecule has 0 radical (unpaired) electrons. The molecule has 0 saturated carbocycles. The van der Waals surface area contributed by atoms with Crippen molar-refractivity contribution >= 4 is 5.69 Å². The van der Waals surface area contributed by atoms with Crippen molar-refractivity contribution in [1.29, 1.82) is 0 Å². The van der Waals surface area contributed by atoms with Crippen molar-refractivity contribution in [2.24, 2.45) is 0 Å². The Morgan fingerprint density at radius 3 is 2.26 bits per heavy atom. The fourth-order valence-corrected chi connectivity index (χ4v) is 1.94. The van der Waals surface area contributed by atoms with Crippen LogP contribution in [0.15, 0.2) is 42.5 Å². The van der Waals surface area contributed by atoms with E-state index in [4.69, 9.17) is 15.2 Å². The van der Waals surface area contributed by atoms with E-state index in [0.717, 1.165) is 28.3 Å². The second-order valence-corrected chi connectivity index (χ2v) is 4.65. The van der Waals surface area contributed by atoms with E-state index in [2.05, 4.69) is 0 Å². The molecular formula is C16H19NO2. The zero-order chi connectivity index (χ0) is 13.8. The third kappa shape index (κ3) is 3.19. The summed E-state index contributed by atoms with van der Waals surface area (Å²) in [5, 5.41) is 0. The molecule has 3 nitrogen and oxygen atoms in total. The largest absolute Gasteiger partial charge is 0.496 e. The van der Waals surface area contributed by atoms with Gasteiger partial charge < -0.3 is 15.2 Å². The molecule has 0 heterocycles. The van der Waals surface area contributed by atoms with E-state index in [1.807, 2.05) is 56.3 Å². The van der Waals surface area contributed by atoms with Crippen LogP contribution in [0.2, 0.25) is 0 Å². The minimum atomic E-state index is 0.174. The molecule has 0 amide bonds. The lowest BCUT2D eigenvalue weighted by atomic mass is 10.0. The second kappa shape index (κ2) is 5.65. The van der Waals surface area contributed by atoms with Crippen LogP contribution in [0.25, 0.3) is 11.1 Å². The SMILES string of the molecule is COc1ccc(N)cc1-c1ccc(OC(C)C)cc1. The third-order valence-corrected chi connectivity index (χ3v) is 2.76. The first-order chi connectivity index (χ1) is 9.10. The average molecular weight is 257 g/mol. The van der Waals surface area contributed by atoms with Gasteiger partial charge >= 0.3 is 0 Å². The van der Waals surface area contributed by atoms with E-state index in [9.17, 15) is 0 Å². The fraction of sp³-hybridized carbons (Fsp3) is 0.250. The van der Waals surface area contributed by atoms with Gasteiger partial charge in [0.2, 0.25) is 0 Å². The van der Waals surface area contributed by atoms with Crippen molar-refractivity contribution in [3.05, 3.63) is 42.5 Å². The Morgan fingerprint density at radius 1 is 1.00 bits per heavy atom. The summed E-state index contributed by atoms with van der Waals surface area (Å²) in [5.41, 5.74) is 8.60. The molecule has 0 bridgehead atoms. The Labute approximate surface area is 114 Å². The molecule has 0 aliphatic rings. The number of ether oxygens (including phenoxy) is 2. The number of anilines is 1. The molecule has 0 atom stereocenters. The molecule has 2 N–H and O–H groups in total. The fourth-order valence-electron chi connectivity index (χ4n) is 1.94. The summed E-state index contributed by atoms with van der Waals surface area (Å²) < 4.78 is 11.0. The minimum Gasteiger partial charge on any atom is -0.496 e. The Hall–Kier alpha value is -2.16. The predicted octanol–water partition coefficient (Wildman–Crippen LogP) is 3.73. The number of rotatable bonds is 4. The summed E-state index contributed by atoms with van der Waals surface area (Å²) in [6.45, 7) is 4.02. The average Bonchev–Trinajstić information content (AvgIpc) is 2.39. The molecule has 0 aromatic heterocycles. The molecule has 0 saturated heterocycles. The van der Waals surface area contributed by atoms with Crippen molar-refractivity contribution in [2.45, 2.75) is 20.0 Å². The summed E-state index contributed by atoms with van der Waals surface area (Å²) in [4.78, 5) is 0. The smallest absolute Gasteiger partial charge is 0.126 e. The van der Waals surface area contributed by atoms with Crippen molar-refractivity contribution in [3.8, 4) is 22.6 Å². The van der Waals surface area contributed by atoms with Gasteiger partial charge in [0.15, 0.2) is 0 Å². The Bertz CT molecular complexity index is 547. The van der Waals surface area contributed by atoms with Gasteiger partial charge in [-0.2, -0.15) is 0 Å². The van der Waals surface area contributed by atoms with Crippen molar-refractivity contribution in [1.82, 2.24) is 0 Å². The first-order valence-corrected chi connectivity index (χ1v) is 6.30. The van der Waals surface area contributed by atoms with Crippen molar-refractivity contribution in [2.75, 3.05) is 12.8 Å². The second-order valence-electron chi connectivity index (χ2n) is 4.65. The third-order valence-electron chi connectivity index (χ3n) is 2.76. The highest BCUT2D eigenvalue weighted by atomic mass is 16.5. The highest BCUT2D eigenvalue weighted by Crippen LogP contribution is 2.32. The molecule has 0 spiro atoms. The molecule has 2 aromatic carbocycles. The topological polar surface area (TPSA) is 44.5 Å². The number of hydrogen-bond acceptors (Lipinski definition) is 3. The van der Waals surface area contributed by atoms with E-state index >= 15 is 0 Å². The van der Waals surface area contributed by atoms with Crippen LogP contribution in [-0.2, 0) is 0 Å². The van der Waals surface area contributed by atoms with Gasteiger partial charge in [0, 0.05) is 11.3 Å². The molecule has 0 fully saturated rings. The highest BCUT2D eigenvalue weighted by Gasteiger charge is 2.07. The van der Waals surface area contributed by atoms with Crippen molar-refractivity contribution < 1.29 is 9.47 Å². The maximum atomic E-state index is 5.84. The van der Waals surface area contributed by atoms with E-state index in [0.29, 0.717) is 0 Å². The van der Waals surface area contributed by atoms with Crippen LogP contribution in [0.3, 0.4) is 0 Å². The Morgan fingerprint density at radius 2 is 1.68 bits per heavy atom. The van der Waals surface area contributed by atoms with E-state index < -0.39 is 0 Å². The lowest BCUT2D eigenvalue weighted by Crippen LogP contribution is -2.05. The van der Waals surface area contributed by atoms with Crippen LogP contribution in [0, 0.1) is 0 Å². The molecule has 2 aromatic rings. The number of benzene rings is 2. The normalized spacial score (nSPS) is 10.5. The van der Waals surface area contributed by atoms with Crippen LogP contribution in [0.4, 0.5) is 5.69 Å². The maximum Gasteiger partial charge on any atom is 0.126 e. The van der Waals surface area contributed by atoms with Crippen LogP contribution >= 0.6 is 0 Å². The lowest BCUT2D eigenvalue weighted by Gasteiger charge is -2.12. The van der Waals surface area contributed by atoms with Gasteiger partial charge in [0.25, 0.3) is 0 Å². The first kappa shape index (κ1) is 13.3. The minimum absolute atomic E-state index is 0.174. The number of nitrogens with two attached hydrogens (primary N) is 1. The summed E-state index contributed by atoms with van der Waals surface area (Å²) in [6, 6.07) is 13.6. The van der Waals surface area contributed by atoms with Crippen LogP contribution in [0.5, 0.6) is 11.5 Å². The van der Waals surface area contributed by atoms with Gasteiger partial charge in [-0.3, -0.25) is 0 Å². The molecular weight excluding hydrogens is 238 g/mol. The Kier molecular flexibility index (Phi) is 3.95. The molecule has 3 heteroatoms. The summed E-state index contributed by atoms with van der Waals surface area (Å²) >= 11 is 0. The summed E-state index contributed by atoms with van der Waals surface area (Å²) in [7, 11) is 1.66.